The number of carbonyl (C=O) groups is 1. The van der Waals surface area contributed by atoms with Crippen LogP contribution in [0, 0.1) is 11.7 Å². The van der Waals surface area contributed by atoms with E-state index in [0.29, 0.717) is 12.3 Å². The maximum Gasteiger partial charge on any atom is 0.327 e. The van der Waals surface area contributed by atoms with Crippen LogP contribution in [0.3, 0.4) is 0 Å². The van der Waals surface area contributed by atoms with E-state index in [4.69, 9.17) is 4.74 Å². The summed E-state index contributed by atoms with van der Waals surface area (Å²) in [5.41, 5.74) is -1.07. The van der Waals surface area contributed by atoms with Gasteiger partial charge in [0, 0.05) is 6.07 Å². The largest absolute Gasteiger partial charge is 0.491 e. The molecule has 0 bridgehead atoms. The molecule has 2 rings (SSSR count). The quantitative estimate of drug-likeness (QED) is 0.794. The summed E-state index contributed by atoms with van der Waals surface area (Å²) >= 11 is 0. The summed E-state index contributed by atoms with van der Waals surface area (Å²) in [5, 5.41) is 12.5. The molecule has 1 aromatic rings. The van der Waals surface area contributed by atoms with Crippen LogP contribution >= 0.6 is 0 Å². The first-order chi connectivity index (χ1) is 9.08. The zero-order valence-electron chi connectivity index (χ0n) is 10.9. The second-order valence-corrected chi connectivity index (χ2v) is 4.83. The topological polar surface area (TPSA) is 58.6 Å². The number of ether oxygens (including phenoxy) is 1. The van der Waals surface area contributed by atoms with Gasteiger partial charge in [0.05, 0.1) is 0 Å². The first-order valence-corrected chi connectivity index (χ1v) is 6.45. The van der Waals surface area contributed by atoms with Gasteiger partial charge in [0.1, 0.15) is 18.2 Å². The van der Waals surface area contributed by atoms with E-state index < -0.39 is 17.3 Å². The molecular weight excluding hydrogens is 249 g/mol. The SMILES string of the molecule is CCNC(COc1cccc(F)c1)(C(=O)O)C1CC1. The summed E-state index contributed by atoms with van der Waals surface area (Å²) in [7, 11) is 0. The standard InChI is InChI=1S/C14H18FNO3/c1-2-16-14(13(17)18,10-6-7-10)9-19-12-5-3-4-11(15)8-12/h3-5,8,10,16H,2,6-7,9H2,1H3,(H,17,18). The van der Waals surface area contributed by atoms with E-state index in [-0.39, 0.29) is 12.5 Å². The van der Waals surface area contributed by atoms with Gasteiger partial charge in [-0.3, -0.25) is 10.1 Å². The van der Waals surface area contributed by atoms with Crippen molar-refractivity contribution in [2.24, 2.45) is 5.92 Å². The van der Waals surface area contributed by atoms with Crippen molar-refractivity contribution in [2.75, 3.05) is 13.2 Å². The van der Waals surface area contributed by atoms with E-state index in [1.54, 1.807) is 6.07 Å². The number of hydrogen-bond acceptors (Lipinski definition) is 3. The number of benzene rings is 1. The first kappa shape index (κ1) is 13.8. The molecule has 4 nitrogen and oxygen atoms in total. The van der Waals surface area contributed by atoms with Crippen molar-refractivity contribution >= 4 is 5.97 Å². The smallest absolute Gasteiger partial charge is 0.327 e. The average molecular weight is 267 g/mol. The fraction of sp³-hybridized carbons (Fsp3) is 0.500. The van der Waals surface area contributed by atoms with Crippen LogP contribution in [0.1, 0.15) is 19.8 Å². The Balaban J connectivity index is 2.10. The summed E-state index contributed by atoms with van der Waals surface area (Å²) in [5.74, 6) is -0.871. The van der Waals surface area contributed by atoms with Gasteiger partial charge in [0.25, 0.3) is 0 Å². The number of aliphatic carboxylic acids is 1. The highest BCUT2D eigenvalue weighted by Crippen LogP contribution is 2.40. The summed E-state index contributed by atoms with van der Waals surface area (Å²) in [4.78, 5) is 11.6. The predicted molar refractivity (Wildman–Crippen MR) is 68.7 cm³/mol. The zero-order chi connectivity index (χ0) is 13.9. The minimum Gasteiger partial charge on any atom is -0.491 e. The molecular formula is C14H18FNO3. The van der Waals surface area contributed by atoms with Crippen LogP contribution in [-0.2, 0) is 4.79 Å². The molecule has 19 heavy (non-hydrogen) atoms. The molecule has 2 N–H and O–H groups in total. The number of carboxylic acid groups (broad SMARTS) is 1. The second-order valence-electron chi connectivity index (χ2n) is 4.83. The zero-order valence-corrected chi connectivity index (χ0v) is 10.9. The maximum absolute atomic E-state index is 13.1. The normalized spacial score (nSPS) is 17.8. The van der Waals surface area contributed by atoms with Gasteiger partial charge in [-0.05, 0) is 37.4 Å². The Kier molecular flexibility index (Phi) is 4.04. The Labute approximate surface area is 111 Å². The molecule has 1 saturated carbocycles. The maximum atomic E-state index is 13.1. The van der Waals surface area contributed by atoms with E-state index in [1.165, 1.54) is 18.2 Å². The lowest BCUT2D eigenvalue weighted by molar-refractivity contribution is -0.147. The first-order valence-electron chi connectivity index (χ1n) is 6.45. The Hall–Kier alpha value is -1.62. The number of nitrogens with one attached hydrogen (secondary N) is 1. The number of hydrogen-bond donors (Lipinski definition) is 2. The summed E-state index contributed by atoms with van der Waals surface area (Å²) in [6.45, 7) is 2.42. The van der Waals surface area contributed by atoms with E-state index in [0.717, 1.165) is 12.8 Å². The fourth-order valence-electron chi connectivity index (χ4n) is 2.27. The van der Waals surface area contributed by atoms with Gasteiger partial charge in [-0.25, -0.2) is 4.39 Å². The van der Waals surface area contributed by atoms with Gasteiger partial charge >= 0.3 is 5.97 Å². The summed E-state index contributed by atoms with van der Waals surface area (Å²) in [6.07, 6.45) is 1.76. The highest BCUT2D eigenvalue weighted by Gasteiger charge is 2.51. The monoisotopic (exact) mass is 267 g/mol. The highest BCUT2D eigenvalue weighted by atomic mass is 19.1. The molecule has 0 spiro atoms. The molecule has 0 heterocycles. The molecule has 1 aliphatic carbocycles. The Morgan fingerprint density at radius 3 is 2.84 bits per heavy atom. The molecule has 104 valence electrons. The second kappa shape index (κ2) is 5.57. The summed E-state index contributed by atoms with van der Waals surface area (Å²) < 4.78 is 18.5. The minimum atomic E-state index is -1.07. The average Bonchev–Trinajstić information content (AvgIpc) is 3.19. The van der Waals surface area contributed by atoms with Crippen molar-refractivity contribution in [1.29, 1.82) is 0 Å². The van der Waals surface area contributed by atoms with Gasteiger partial charge in [-0.1, -0.05) is 13.0 Å². The van der Waals surface area contributed by atoms with Crippen LogP contribution in [-0.4, -0.2) is 29.8 Å². The molecule has 1 aliphatic rings. The van der Waals surface area contributed by atoms with Gasteiger partial charge in [-0.2, -0.15) is 0 Å². The Morgan fingerprint density at radius 2 is 2.32 bits per heavy atom. The molecule has 1 atom stereocenters. The lowest BCUT2D eigenvalue weighted by Gasteiger charge is -2.30. The number of rotatable bonds is 7. The Bertz CT molecular complexity index is 462. The van der Waals surface area contributed by atoms with E-state index in [2.05, 4.69) is 5.32 Å². The molecule has 1 aromatic carbocycles. The van der Waals surface area contributed by atoms with Crippen LogP contribution < -0.4 is 10.1 Å². The molecule has 0 amide bonds. The van der Waals surface area contributed by atoms with Crippen molar-refractivity contribution in [2.45, 2.75) is 25.3 Å². The van der Waals surface area contributed by atoms with Crippen molar-refractivity contribution < 1.29 is 19.0 Å². The van der Waals surface area contributed by atoms with Crippen molar-refractivity contribution in [3.8, 4) is 5.75 Å². The van der Waals surface area contributed by atoms with Crippen LogP contribution in [0.5, 0.6) is 5.75 Å². The van der Waals surface area contributed by atoms with Crippen molar-refractivity contribution in [3.05, 3.63) is 30.1 Å². The number of carboxylic acids is 1. The van der Waals surface area contributed by atoms with Crippen LogP contribution in [0.4, 0.5) is 4.39 Å². The van der Waals surface area contributed by atoms with Crippen LogP contribution in [0.15, 0.2) is 24.3 Å². The highest BCUT2D eigenvalue weighted by molar-refractivity contribution is 5.80. The van der Waals surface area contributed by atoms with Gasteiger partial charge in [-0.15, -0.1) is 0 Å². The third kappa shape index (κ3) is 3.04. The van der Waals surface area contributed by atoms with Crippen molar-refractivity contribution in [1.82, 2.24) is 5.32 Å². The fourth-order valence-corrected chi connectivity index (χ4v) is 2.27. The van der Waals surface area contributed by atoms with E-state index in [1.807, 2.05) is 6.92 Å². The molecule has 0 aliphatic heterocycles. The van der Waals surface area contributed by atoms with Crippen LogP contribution in [0.2, 0.25) is 0 Å². The van der Waals surface area contributed by atoms with Gasteiger partial charge in [0.15, 0.2) is 5.54 Å². The summed E-state index contributed by atoms with van der Waals surface area (Å²) in [6, 6.07) is 5.74. The molecule has 1 unspecified atom stereocenters. The number of halogens is 1. The Morgan fingerprint density at radius 1 is 1.58 bits per heavy atom. The van der Waals surface area contributed by atoms with Gasteiger partial charge in [0.2, 0.25) is 0 Å². The molecule has 0 aromatic heterocycles. The van der Waals surface area contributed by atoms with Gasteiger partial charge < -0.3 is 9.84 Å². The predicted octanol–water partition coefficient (Wildman–Crippen LogP) is 2.05. The minimum absolute atomic E-state index is 0.00426. The molecule has 1 fully saturated rings. The number of likely N-dealkylation sites (N-methyl/N-ethyl adjacent to an activating group) is 1. The van der Waals surface area contributed by atoms with Crippen LogP contribution in [0.25, 0.3) is 0 Å². The lowest BCUT2D eigenvalue weighted by Crippen LogP contribution is -2.58. The van der Waals surface area contributed by atoms with E-state index in [9.17, 15) is 14.3 Å². The third-order valence-corrected chi connectivity index (χ3v) is 3.41. The third-order valence-electron chi connectivity index (χ3n) is 3.41. The molecule has 0 radical (unpaired) electrons. The molecule has 5 heteroatoms. The van der Waals surface area contributed by atoms with E-state index >= 15 is 0 Å². The molecule has 0 saturated heterocycles. The van der Waals surface area contributed by atoms with Crippen molar-refractivity contribution in [3.63, 3.8) is 0 Å². The lowest BCUT2D eigenvalue weighted by atomic mass is 9.94.